The maximum atomic E-state index is 13.4. The summed E-state index contributed by atoms with van der Waals surface area (Å²) in [7, 11) is 0. The van der Waals surface area contributed by atoms with Crippen LogP contribution in [0.15, 0.2) is 48.5 Å². The van der Waals surface area contributed by atoms with Crippen LogP contribution in [0.25, 0.3) is 11.1 Å². The molecular weight excluding hydrogens is 443 g/mol. The number of aliphatic hydroxyl groups excluding tert-OH is 1. The predicted octanol–water partition coefficient (Wildman–Crippen LogP) is 1.28. The van der Waals surface area contributed by atoms with Crippen LogP contribution in [0.3, 0.4) is 0 Å². The Balaban J connectivity index is 1.98. The maximum Gasteiger partial charge on any atom is 0.405 e. The quantitative estimate of drug-likeness (QED) is 0.480. The molecule has 33 heavy (non-hydrogen) atoms. The zero-order valence-corrected chi connectivity index (χ0v) is 17.5. The van der Waals surface area contributed by atoms with Crippen molar-refractivity contribution in [1.82, 2.24) is 10.6 Å². The number of anilines is 1. The highest BCUT2D eigenvalue weighted by Gasteiger charge is 2.44. The zero-order valence-electron chi connectivity index (χ0n) is 17.5. The first-order chi connectivity index (χ1) is 15.5. The Kier molecular flexibility index (Phi) is 6.75. The fraction of sp³-hybridized carbons (Fsp3) is 0.318. The molecule has 0 saturated heterocycles. The molecule has 8 nitrogen and oxygen atoms in total. The van der Waals surface area contributed by atoms with Gasteiger partial charge in [-0.1, -0.05) is 42.5 Å². The van der Waals surface area contributed by atoms with Gasteiger partial charge in [-0.15, -0.1) is 0 Å². The molecule has 176 valence electrons. The third-order valence-electron chi connectivity index (χ3n) is 5.20. The number of rotatable bonds is 6. The maximum absolute atomic E-state index is 13.4. The summed E-state index contributed by atoms with van der Waals surface area (Å²) < 4.78 is 37.3. The van der Waals surface area contributed by atoms with Crippen LogP contribution in [0.2, 0.25) is 0 Å². The molecule has 4 N–H and O–H groups in total. The number of carbonyl (C=O) groups is 3. The second kappa shape index (κ2) is 9.20. The van der Waals surface area contributed by atoms with Crippen LogP contribution in [-0.4, -0.2) is 59.4 Å². The van der Waals surface area contributed by atoms with Crippen molar-refractivity contribution in [1.29, 1.82) is 0 Å². The molecule has 0 fully saturated rings. The van der Waals surface area contributed by atoms with Gasteiger partial charge in [0.1, 0.15) is 12.6 Å². The van der Waals surface area contributed by atoms with Crippen molar-refractivity contribution in [2.75, 3.05) is 24.6 Å². The molecule has 11 heteroatoms. The van der Waals surface area contributed by atoms with Crippen LogP contribution >= 0.6 is 0 Å². The van der Waals surface area contributed by atoms with E-state index in [9.17, 15) is 37.8 Å². The van der Waals surface area contributed by atoms with Crippen LogP contribution in [-0.2, 0) is 14.4 Å². The number of halogens is 3. The van der Waals surface area contributed by atoms with Gasteiger partial charge in [-0.3, -0.25) is 14.4 Å². The van der Waals surface area contributed by atoms with E-state index in [2.05, 4.69) is 5.32 Å². The summed E-state index contributed by atoms with van der Waals surface area (Å²) in [4.78, 5) is 39.5. The topological polar surface area (TPSA) is 119 Å². The molecule has 2 aromatic rings. The smallest absolute Gasteiger partial charge is 0.395 e. The zero-order chi connectivity index (χ0) is 24.4. The van der Waals surface area contributed by atoms with E-state index >= 15 is 0 Å². The summed E-state index contributed by atoms with van der Waals surface area (Å²) in [6.07, 6.45) is -4.74. The van der Waals surface area contributed by atoms with Crippen molar-refractivity contribution < 1.29 is 37.8 Å². The highest BCUT2D eigenvalue weighted by Crippen LogP contribution is 2.40. The summed E-state index contributed by atoms with van der Waals surface area (Å²) in [6.45, 7) is -1.48. The van der Waals surface area contributed by atoms with Crippen LogP contribution < -0.4 is 15.5 Å². The number of amides is 3. The van der Waals surface area contributed by atoms with Gasteiger partial charge >= 0.3 is 6.18 Å². The molecule has 0 aliphatic carbocycles. The van der Waals surface area contributed by atoms with Gasteiger partial charge in [0, 0.05) is 12.1 Å². The molecule has 1 heterocycles. The molecule has 2 atom stereocenters. The molecule has 1 aliphatic heterocycles. The number of β-amino-alcohol motifs (C(OH)–C–C–N with tert-alkyl or cyclic N) is 1. The minimum atomic E-state index is -4.74. The predicted molar refractivity (Wildman–Crippen MR) is 112 cm³/mol. The van der Waals surface area contributed by atoms with Crippen molar-refractivity contribution in [3.63, 3.8) is 0 Å². The molecule has 0 bridgehead atoms. The number of alkyl halides is 3. The molecule has 0 unspecified atom stereocenters. The summed E-state index contributed by atoms with van der Waals surface area (Å²) in [5, 5.41) is 23.6. The first kappa shape index (κ1) is 24.2. The van der Waals surface area contributed by atoms with E-state index in [1.807, 2.05) is 0 Å². The SMILES string of the molecule is C[C@](O)(C(=O)NCC(F)(F)F)C(=O)N[C@@H]1C(=O)N(CCO)c2ccccc2-c2ccccc21. The lowest BCUT2D eigenvalue weighted by molar-refractivity contribution is -0.158. The Labute approximate surface area is 187 Å². The first-order valence-electron chi connectivity index (χ1n) is 9.96. The fourth-order valence-corrected chi connectivity index (χ4v) is 3.54. The minimum Gasteiger partial charge on any atom is -0.395 e. The first-order valence-corrected chi connectivity index (χ1v) is 9.96. The summed E-state index contributed by atoms with van der Waals surface area (Å²) in [5.41, 5.74) is -0.804. The van der Waals surface area contributed by atoms with E-state index in [1.165, 1.54) is 10.2 Å². The van der Waals surface area contributed by atoms with E-state index in [0.29, 0.717) is 22.4 Å². The third-order valence-corrected chi connectivity index (χ3v) is 5.20. The molecule has 1 aliphatic rings. The standard InChI is InChI=1S/C22H22F3N3O5/c1-21(33,19(31)26-12-22(23,24)25)20(32)27-17-15-8-3-2-6-13(15)14-7-4-5-9-16(14)28(10-11-29)18(17)30/h2-9,17,29,33H,10-12H2,1H3,(H,26,31)(H,27,32)/t17-,21-/m0/s1. The van der Waals surface area contributed by atoms with Gasteiger partial charge in [-0.05, 0) is 24.1 Å². The minimum absolute atomic E-state index is 0.0985. The molecule has 0 radical (unpaired) electrons. The normalized spacial score (nSPS) is 17.3. The largest absolute Gasteiger partial charge is 0.405 e. The number of nitrogens with zero attached hydrogens (tertiary/aromatic N) is 1. The van der Waals surface area contributed by atoms with Gasteiger partial charge in [0.25, 0.3) is 17.7 Å². The van der Waals surface area contributed by atoms with E-state index in [-0.39, 0.29) is 13.2 Å². The molecular formula is C22H22F3N3O5. The second-order valence-electron chi connectivity index (χ2n) is 7.59. The lowest BCUT2D eigenvalue weighted by Crippen LogP contribution is -2.58. The molecule has 0 aromatic heterocycles. The average Bonchev–Trinajstić information content (AvgIpc) is 2.86. The average molecular weight is 465 g/mol. The second-order valence-corrected chi connectivity index (χ2v) is 7.59. The Hall–Kier alpha value is -3.44. The number of nitrogens with one attached hydrogen (secondary N) is 2. The van der Waals surface area contributed by atoms with Crippen molar-refractivity contribution in [3.8, 4) is 11.1 Å². The van der Waals surface area contributed by atoms with E-state index in [1.54, 1.807) is 48.5 Å². The van der Waals surface area contributed by atoms with E-state index in [4.69, 9.17) is 0 Å². The van der Waals surface area contributed by atoms with Gasteiger partial charge < -0.3 is 25.7 Å². The fourth-order valence-electron chi connectivity index (χ4n) is 3.54. The summed E-state index contributed by atoms with van der Waals surface area (Å²) in [5.74, 6) is -3.58. The van der Waals surface area contributed by atoms with Crippen LogP contribution in [0.5, 0.6) is 0 Å². The van der Waals surface area contributed by atoms with Gasteiger partial charge in [-0.25, -0.2) is 0 Å². The summed E-state index contributed by atoms with van der Waals surface area (Å²) in [6, 6.07) is 12.2. The Morgan fingerprint density at radius 1 is 1.03 bits per heavy atom. The monoisotopic (exact) mass is 465 g/mol. The number of carbonyl (C=O) groups excluding carboxylic acids is 3. The molecule has 3 rings (SSSR count). The lowest BCUT2D eigenvalue weighted by Gasteiger charge is -2.28. The highest BCUT2D eigenvalue weighted by atomic mass is 19.4. The molecule has 0 spiro atoms. The lowest BCUT2D eigenvalue weighted by atomic mass is 9.94. The van der Waals surface area contributed by atoms with Crippen molar-refractivity contribution >= 4 is 23.4 Å². The number of benzene rings is 2. The number of hydrogen-bond donors (Lipinski definition) is 4. The number of fused-ring (bicyclic) bond motifs is 3. The van der Waals surface area contributed by atoms with Crippen molar-refractivity contribution in [3.05, 3.63) is 54.1 Å². The van der Waals surface area contributed by atoms with Gasteiger partial charge in [-0.2, -0.15) is 13.2 Å². The van der Waals surface area contributed by atoms with Crippen LogP contribution in [0, 0.1) is 0 Å². The number of para-hydroxylation sites is 1. The summed E-state index contributed by atoms with van der Waals surface area (Å²) >= 11 is 0. The third kappa shape index (κ3) is 4.99. The van der Waals surface area contributed by atoms with Crippen LogP contribution in [0.4, 0.5) is 18.9 Å². The Morgan fingerprint density at radius 2 is 1.64 bits per heavy atom. The van der Waals surface area contributed by atoms with Gasteiger partial charge in [0.15, 0.2) is 0 Å². The van der Waals surface area contributed by atoms with Crippen molar-refractivity contribution in [2.24, 2.45) is 0 Å². The van der Waals surface area contributed by atoms with E-state index in [0.717, 1.165) is 6.92 Å². The number of aliphatic hydroxyl groups is 2. The highest BCUT2D eigenvalue weighted by molar-refractivity contribution is 6.11. The Bertz CT molecular complexity index is 1070. The van der Waals surface area contributed by atoms with Crippen LogP contribution in [0.1, 0.15) is 18.5 Å². The Morgan fingerprint density at radius 3 is 2.27 bits per heavy atom. The number of hydrogen-bond acceptors (Lipinski definition) is 5. The van der Waals surface area contributed by atoms with Gasteiger partial charge in [0.05, 0.1) is 12.3 Å². The molecule has 3 amide bonds. The van der Waals surface area contributed by atoms with E-state index < -0.39 is 42.1 Å². The molecule has 0 saturated carbocycles. The van der Waals surface area contributed by atoms with Gasteiger partial charge in [0.2, 0.25) is 5.60 Å². The van der Waals surface area contributed by atoms with Crippen molar-refractivity contribution in [2.45, 2.75) is 24.7 Å². The molecule has 2 aromatic carbocycles.